The van der Waals surface area contributed by atoms with Crippen molar-refractivity contribution in [1.82, 2.24) is 0 Å². The Morgan fingerprint density at radius 1 is 1.33 bits per heavy atom. The highest BCUT2D eigenvalue weighted by atomic mass is 32.1. The van der Waals surface area contributed by atoms with Gasteiger partial charge in [-0.1, -0.05) is 0 Å². The van der Waals surface area contributed by atoms with Crippen LogP contribution in [0.15, 0.2) is 29.0 Å². The van der Waals surface area contributed by atoms with Crippen molar-refractivity contribution >= 4 is 22.7 Å². The number of hydrogen-bond donors (Lipinski definition) is 1. The lowest BCUT2D eigenvalue weighted by molar-refractivity contribution is -0.385. The van der Waals surface area contributed by atoms with Gasteiger partial charge >= 0.3 is 6.18 Å². The molecule has 1 N–H and O–H groups in total. The van der Waals surface area contributed by atoms with Crippen LogP contribution >= 0.6 is 11.3 Å². The minimum Gasteiger partial charge on any atom is -0.380 e. The van der Waals surface area contributed by atoms with E-state index in [2.05, 4.69) is 5.32 Å². The lowest BCUT2D eigenvalue weighted by Gasteiger charge is -2.14. The average Bonchev–Trinajstić information content (AvgIpc) is 2.80. The van der Waals surface area contributed by atoms with Crippen LogP contribution in [-0.4, -0.2) is 4.92 Å². The van der Waals surface area contributed by atoms with E-state index in [1.54, 1.807) is 0 Å². The van der Waals surface area contributed by atoms with Crippen LogP contribution in [0.5, 0.6) is 0 Å². The van der Waals surface area contributed by atoms with Crippen molar-refractivity contribution in [3.05, 3.63) is 55.8 Å². The number of hydrogen-bond acceptors (Lipinski definition) is 4. The number of halogens is 3. The summed E-state index contributed by atoms with van der Waals surface area (Å²) in [5.41, 5.74) is 0.0947. The molecule has 4 nitrogen and oxygen atoms in total. The van der Waals surface area contributed by atoms with Crippen LogP contribution in [-0.2, 0) is 12.7 Å². The number of nitro benzene ring substituents is 1. The smallest absolute Gasteiger partial charge is 0.380 e. The summed E-state index contributed by atoms with van der Waals surface area (Å²) in [5.74, 6) is 0. The van der Waals surface area contributed by atoms with Gasteiger partial charge in [0.15, 0.2) is 0 Å². The summed E-state index contributed by atoms with van der Waals surface area (Å²) < 4.78 is 38.9. The molecule has 0 bridgehead atoms. The number of nitrogens with one attached hydrogen (secondary N) is 1. The van der Waals surface area contributed by atoms with Crippen LogP contribution in [0.2, 0.25) is 0 Å². The third-order valence-corrected chi connectivity index (χ3v) is 3.86. The molecule has 0 fully saturated rings. The maximum absolute atomic E-state index is 13.0. The van der Waals surface area contributed by atoms with E-state index in [9.17, 15) is 23.3 Å². The van der Waals surface area contributed by atoms with Crippen LogP contribution in [0.4, 0.5) is 24.5 Å². The molecule has 1 heterocycles. The van der Waals surface area contributed by atoms with Gasteiger partial charge < -0.3 is 5.32 Å². The number of nitrogens with zero attached hydrogens (tertiary/aromatic N) is 1. The first-order valence-electron chi connectivity index (χ1n) is 5.90. The molecule has 1 aromatic carbocycles. The van der Waals surface area contributed by atoms with E-state index in [1.165, 1.54) is 11.3 Å². The maximum atomic E-state index is 13.0. The van der Waals surface area contributed by atoms with Gasteiger partial charge in [-0.2, -0.15) is 24.5 Å². The molecule has 0 radical (unpaired) electrons. The van der Waals surface area contributed by atoms with Crippen molar-refractivity contribution in [3.8, 4) is 0 Å². The quantitative estimate of drug-likeness (QED) is 0.662. The van der Waals surface area contributed by atoms with Gasteiger partial charge in [0.05, 0.1) is 10.5 Å². The van der Waals surface area contributed by atoms with Crippen molar-refractivity contribution in [3.63, 3.8) is 0 Å². The zero-order valence-corrected chi connectivity index (χ0v) is 11.7. The molecule has 21 heavy (non-hydrogen) atoms. The van der Waals surface area contributed by atoms with E-state index in [0.29, 0.717) is 6.07 Å². The van der Waals surface area contributed by atoms with Crippen LogP contribution in [0.25, 0.3) is 0 Å². The highest BCUT2D eigenvalue weighted by Gasteiger charge is 2.35. The molecule has 0 amide bonds. The third-order valence-electron chi connectivity index (χ3n) is 2.95. The molecule has 8 heteroatoms. The summed E-state index contributed by atoms with van der Waals surface area (Å²) >= 11 is 1.47. The Morgan fingerprint density at radius 2 is 2.05 bits per heavy atom. The zero-order chi connectivity index (χ0) is 15.6. The fourth-order valence-electron chi connectivity index (χ4n) is 1.79. The van der Waals surface area contributed by atoms with Crippen LogP contribution in [0, 0.1) is 17.0 Å². The zero-order valence-electron chi connectivity index (χ0n) is 10.9. The Hall–Kier alpha value is -2.09. The van der Waals surface area contributed by atoms with Crippen LogP contribution in [0.1, 0.15) is 16.7 Å². The number of aryl methyl sites for hydroxylation is 1. The van der Waals surface area contributed by atoms with Crippen molar-refractivity contribution in [2.75, 3.05) is 5.32 Å². The van der Waals surface area contributed by atoms with Gasteiger partial charge in [0.25, 0.3) is 5.69 Å². The molecule has 0 unspecified atom stereocenters. The first-order chi connectivity index (χ1) is 9.79. The SMILES string of the molecule is Cc1cscc1CNc1ccc([N+](=O)[O-])cc1C(F)(F)F. The van der Waals surface area contributed by atoms with E-state index < -0.39 is 22.4 Å². The fourth-order valence-corrected chi connectivity index (χ4v) is 2.65. The van der Waals surface area contributed by atoms with Gasteiger partial charge in [-0.05, 0) is 34.9 Å². The van der Waals surface area contributed by atoms with E-state index in [4.69, 9.17) is 0 Å². The standard InChI is InChI=1S/C13H11F3N2O2S/c1-8-6-21-7-9(8)5-17-12-3-2-10(18(19)20)4-11(12)13(14,15)16/h2-4,6-7,17H,5H2,1H3. The highest BCUT2D eigenvalue weighted by Crippen LogP contribution is 2.37. The first-order valence-corrected chi connectivity index (χ1v) is 6.84. The largest absolute Gasteiger partial charge is 0.418 e. The summed E-state index contributed by atoms with van der Waals surface area (Å²) in [7, 11) is 0. The van der Waals surface area contributed by atoms with Crippen LogP contribution in [0.3, 0.4) is 0 Å². The van der Waals surface area contributed by atoms with Gasteiger partial charge in [0.1, 0.15) is 0 Å². The number of alkyl halides is 3. The Balaban J connectivity index is 2.30. The van der Waals surface area contributed by atoms with E-state index in [0.717, 1.165) is 23.3 Å². The molecule has 0 saturated heterocycles. The maximum Gasteiger partial charge on any atom is 0.418 e. The second-order valence-electron chi connectivity index (χ2n) is 4.42. The number of rotatable bonds is 4. The van der Waals surface area contributed by atoms with Crippen molar-refractivity contribution < 1.29 is 18.1 Å². The summed E-state index contributed by atoms with van der Waals surface area (Å²) in [4.78, 5) is 9.75. The summed E-state index contributed by atoms with van der Waals surface area (Å²) in [6.45, 7) is 2.10. The predicted octanol–water partition coefficient (Wildman–Crippen LogP) is 4.60. The molecular formula is C13H11F3N2O2S. The molecule has 0 saturated carbocycles. The van der Waals surface area contributed by atoms with E-state index in [-0.39, 0.29) is 12.2 Å². The number of benzene rings is 1. The molecule has 2 aromatic rings. The fraction of sp³-hybridized carbons (Fsp3) is 0.231. The van der Waals surface area contributed by atoms with Crippen molar-refractivity contribution in [2.24, 2.45) is 0 Å². The van der Waals surface area contributed by atoms with E-state index >= 15 is 0 Å². The molecular weight excluding hydrogens is 305 g/mol. The Kier molecular flexibility index (Phi) is 4.17. The minimum atomic E-state index is -4.65. The topological polar surface area (TPSA) is 55.2 Å². The van der Waals surface area contributed by atoms with Crippen molar-refractivity contribution in [2.45, 2.75) is 19.6 Å². The molecule has 0 aliphatic rings. The molecule has 2 rings (SSSR count). The number of nitro groups is 1. The molecule has 0 aliphatic carbocycles. The number of non-ortho nitro benzene ring substituents is 1. The highest BCUT2D eigenvalue weighted by molar-refractivity contribution is 7.08. The summed E-state index contributed by atoms with van der Waals surface area (Å²) in [6, 6.07) is 2.68. The lowest BCUT2D eigenvalue weighted by Crippen LogP contribution is -2.11. The minimum absolute atomic E-state index is 0.168. The number of anilines is 1. The monoisotopic (exact) mass is 316 g/mol. The third kappa shape index (κ3) is 3.52. The van der Waals surface area contributed by atoms with E-state index in [1.807, 2.05) is 17.7 Å². The number of thiophene rings is 1. The van der Waals surface area contributed by atoms with Gasteiger partial charge in [-0.15, -0.1) is 0 Å². The summed E-state index contributed by atoms with van der Waals surface area (Å²) in [5, 5.41) is 17.0. The van der Waals surface area contributed by atoms with Gasteiger partial charge in [-0.3, -0.25) is 10.1 Å². The molecule has 112 valence electrons. The Morgan fingerprint density at radius 3 is 2.57 bits per heavy atom. The van der Waals surface area contributed by atoms with Crippen molar-refractivity contribution in [1.29, 1.82) is 0 Å². The van der Waals surface area contributed by atoms with Gasteiger partial charge in [-0.25, -0.2) is 0 Å². The Bertz CT molecular complexity index is 668. The lowest BCUT2D eigenvalue weighted by atomic mass is 10.1. The summed E-state index contributed by atoms with van der Waals surface area (Å²) in [6.07, 6.45) is -4.65. The molecule has 0 spiro atoms. The predicted molar refractivity (Wildman–Crippen MR) is 74.5 cm³/mol. The first kappa shape index (κ1) is 15.3. The Labute approximate surface area is 122 Å². The van der Waals surface area contributed by atoms with Gasteiger partial charge in [0, 0.05) is 24.4 Å². The second-order valence-corrected chi connectivity index (χ2v) is 5.16. The molecule has 1 aromatic heterocycles. The second kappa shape index (κ2) is 5.72. The molecule has 0 aliphatic heterocycles. The van der Waals surface area contributed by atoms with Crippen LogP contribution < -0.4 is 5.32 Å². The van der Waals surface area contributed by atoms with Gasteiger partial charge in [0.2, 0.25) is 0 Å². The normalized spacial score (nSPS) is 11.4. The molecule has 0 atom stereocenters. The average molecular weight is 316 g/mol.